The number of hydrogen-bond acceptors (Lipinski definition) is 4. The molecule has 8 heteroatoms. The van der Waals surface area contributed by atoms with Crippen molar-refractivity contribution in [3.05, 3.63) is 71.8 Å². The largest absolute Gasteiger partial charge is 0.457 e. The highest BCUT2D eigenvalue weighted by Gasteiger charge is 2.27. The van der Waals surface area contributed by atoms with Crippen LogP contribution in [0.3, 0.4) is 0 Å². The molecule has 4 N–H and O–H groups in total. The van der Waals surface area contributed by atoms with Crippen LogP contribution in [0.2, 0.25) is 0 Å². The summed E-state index contributed by atoms with van der Waals surface area (Å²) in [7, 11) is 0. The maximum absolute atomic E-state index is 13.0. The topological polar surface area (TPSA) is 97.4 Å². The minimum atomic E-state index is -0.556. The van der Waals surface area contributed by atoms with Gasteiger partial charge in [-0.1, -0.05) is 0 Å². The van der Waals surface area contributed by atoms with Crippen molar-refractivity contribution < 1.29 is 13.9 Å². The molecule has 1 saturated heterocycles. The molecule has 0 saturated carbocycles. The van der Waals surface area contributed by atoms with Crippen molar-refractivity contribution >= 4 is 11.6 Å². The molecule has 2 aromatic heterocycles. The Morgan fingerprint density at radius 3 is 2.34 bits per heavy atom. The van der Waals surface area contributed by atoms with Gasteiger partial charge in [0.15, 0.2) is 11.3 Å². The molecule has 1 aliphatic rings. The third-order valence-corrected chi connectivity index (χ3v) is 5.12. The van der Waals surface area contributed by atoms with Crippen molar-refractivity contribution in [2.45, 2.75) is 5.92 Å². The molecule has 0 unspecified atom stereocenters. The van der Waals surface area contributed by atoms with Crippen molar-refractivity contribution in [3.63, 3.8) is 0 Å². The summed E-state index contributed by atoms with van der Waals surface area (Å²) in [5, 5.41) is 6.34. The van der Waals surface area contributed by atoms with E-state index in [0.717, 1.165) is 24.2 Å². The van der Waals surface area contributed by atoms with Gasteiger partial charge in [-0.3, -0.25) is 9.89 Å². The van der Waals surface area contributed by atoms with Crippen LogP contribution in [0.4, 0.5) is 4.39 Å². The van der Waals surface area contributed by atoms with Crippen LogP contribution in [0.1, 0.15) is 22.0 Å². The second-order valence-electron chi connectivity index (χ2n) is 7.00. The fourth-order valence-corrected chi connectivity index (χ4v) is 3.50. The molecule has 0 atom stereocenters. The fraction of sp³-hybridized carbons (Fsp3) is 0.143. The Morgan fingerprint density at radius 1 is 1.10 bits per heavy atom. The van der Waals surface area contributed by atoms with Crippen LogP contribution in [-0.4, -0.2) is 33.6 Å². The molecule has 29 heavy (non-hydrogen) atoms. The van der Waals surface area contributed by atoms with E-state index in [9.17, 15) is 9.18 Å². The Morgan fingerprint density at radius 2 is 1.76 bits per heavy atom. The Labute approximate surface area is 165 Å². The highest BCUT2D eigenvalue weighted by molar-refractivity contribution is 5.98. The summed E-state index contributed by atoms with van der Waals surface area (Å²) in [6, 6.07) is 13.0. The molecule has 1 aliphatic heterocycles. The minimum absolute atomic E-state index is 0.311. The van der Waals surface area contributed by atoms with Gasteiger partial charge < -0.3 is 15.8 Å². The zero-order chi connectivity index (χ0) is 20.0. The Hall–Kier alpha value is -3.65. The van der Waals surface area contributed by atoms with Crippen molar-refractivity contribution in [3.8, 4) is 22.8 Å². The predicted molar refractivity (Wildman–Crippen MR) is 106 cm³/mol. The number of amides is 1. The van der Waals surface area contributed by atoms with Gasteiger partial charge in [-0.2, -0.15) is 0 Å². The van der Waals surface area contributed by atoms with Crippen LogP contribution in [0.15, 0.2) is 54.7 Å². The summed E-state index contributed by atoms with van der Waals surface area (Å²) in [6.07, 6.45) is 1.88. The first kappa shape index (κ1) is 17.4. The number of nitrogens with zero attached hydrogens (tertiary/aromatic N) is 2. The van der Waals surface area contributed by atoms with Gasteiger partial charge in [0.25, 0.3) is 5.91 Å². The van der Waals surface area contributed by atoms with Gasteiger partial charge in [0.05, 0.1) is 0 Å². The molecule has 4 aromatic rings. The van der Waals surface area contributed by atoms with E-state index in [1.54, 1.807) is 28.8 Å². The molecule has 3 heterocycles. The average molecular weight is 391 g/mol. The van der Waals surface area contributed by atoms with Gasteiger partial charge in [-0.25, -0.2) is 13.9 Å². The monoisotopic (exact) mass is 391 g/mol. The number of nitrogens with two attached hydrogens (primary N) is 1. The Bertz CT molecular complexity index is 1190. The second kappa shape index (κ2) is 6.75. The van der Waals surface area contributed by atoms with Crippen LogP contribution in [0, 0.1) is 5.82 Å². The van der Waals surface area contributed by atoms with E-state index in [1.165, 1.54) is 12.1 Å². The van der Waals surface area contributed by atoms with E-state index in [1.807, 2.05) is 18.3 Å². The molecule has 1 amide bonds. The number of carbonyl (C=O) groups is 1. The average Bonchev–Trinajstić information content (AvgIpc) is 3.23. The van der Waals surface area contributed by atoms with Crippen molar-refractivity contribution in [2.75, 3.05) is 13.1 Å². The second-order valence-corrected chi connectivity index (χ2v) is 7.00. The number of halogens is 1. The highest BCUT2D eigenvalue weighted by atomic mass is 19.1. The lowest BCUT2D eigenvalue weighted by atomic mass is 9.96. The van der Waals surface area contributed by atoms with Gasteiger partial charge in [-0.15, -0.1) is 0 Å². The number of hydrogen-bond donors (Lipinski definition) is 3. The third-order valence-electron chi connectivity index (χ3n) is 5.12. The lowest BCUT2D eigenvalue weighted by Crippen LogP contribution is -2.39. The predicted octanol–water partition coefficient (Wildman–Crippen LogP) is 3.05. The smallest absolute Gasteiger partial charge is 0.269 e. The van der Waals surface area contributed by atoms with Gasteiger partial charge >= 0.3 is 0 Å². The maximum Gasteiger partial charge on any atom is 0.269 e. The van der Waals surface area contributed by atoms with E-state index < -0.39 is 5.91 Å². The SMILES string of the molecule is NC(=O)c1c(-c2ccc(Oc3ccc(F)cc3)cc2)nc2c(C3CNC3)c[nH]n12. The molecule has 0 aliphatic carbocycles. The maximum atomic E-state index is 13.0. The first-order chi connectivity index (χ1) is 14.1. The zero-order valence-electron chi connectivity index (χ0n) is 15.4. The molecule has 5 rings (SSSR count). The van der Waals surface area contributed by atoms with E-state index in [0.29, 0.717) is 34.5 Å². The van der Waals surface area contributed by atoms with Crippen LogP contribution in [0.25, 0.3) is 16.9 Å². The normalized spacial score (nSPS) is 14.1. The molecule has 1 fully saturated rings. The standard InChI is InChI=1S/C21H18FN5O2/c22-14-3-7-16(8-4-14)29-15-5-1-12(2-6-15)18-19(20(23)28)27-21(26-18)17(11-25-27)13-9-24-10-13/h1-8,11,13,24-25H,9-10H2,(H2,23,28). The number of ether oxygens (including phenoxy) is 1. The molecular weight excluding hydrogens is 373 g/mol. The summed E-state index contributed by atoms with van der Waals surface area (Å²) >= 11 is 0. The number of imidazole rings is 1. The first-order valence-corrected chi connectivity index (χ1v) is 9.24. The van der Waals surface area contributed by atoms with Crippen molar-refractivity contribution in [2.24, 2.45) is 5.73 Å². The summed E-state index contributed by atoms with van der Waals surface area (Å²) < 4.78 is 20.4. The van der Waals surface area contributed by atoms with E-state index >= 15 is 0 Å². The zero-order valence-corrected chi connectivity index (χ0v) is 15.4. The lowest BCUT2D eigenvalue weighted by Gasteiger charge is -2.25. The first-order valence-electron chi connectivity index (χ1n) is 9.24. The van der Waals surface area contributed by atoms with E-state index in [-0.39, 0.29) is 5.82 Å². The number of aromatic nitrogens is 3. The summed E-state index contributed by atoms with van der Waals surface area (Å²) in [4.78, 5) is 16.9. The number of fused-ring (bicyclic) bond motifs is 1. The summed E-state index contributed by atoms with van der Waals surface area (Å²) in [6.45, 7) is 1.77. The molecular formula is C21H18FN5O2. The molecule has 0 spiro atoms. The third kappa shape index (κ3) is 3.03. The number of H-pyrrole nitrogens is 1. The summed E-state index contributed by atoms with van der Waals surface area (Å²) in [5.41, 5.74) is 9.01. The molecule has 146 valence electrons. The quantitative estimate of drug-likeness (QED) is 0.487. The van der Waals surface area contributed by atoms with Gasteiger partial charge in [0.1, 0.15) is 23.0 Å². The minimum Gasteiger partial charge on any atom is -0.457 e. The van der Waals surface area contributed by atoms with Gasteiger partial charge in [0.2, 0.25) is 0 Å². The number of aromatic amines is 1. The summed E-state index contributed by atoms with van der Waals surface area (Å²) in [5.74, 6) is 0.614. The Kier molecular flexibility index (Phi) is 4.06. The number of primary amides is 1. The number of rotatable bonds is 5. The highest BCUT2D eigenvalue weighted by Crippen LogP contribution is 2.31. The fourth-order valence-electron chi connectivity index (χ4n) is 3.50. The number of benzene rings is 2. The molecule has 7 nitrogen and oxygen atoms in total. The van der Waals surface area contributed by atoms with E-state index in [2.05, 4.69) is 10.4 Å². The van der Waals surface area contributed by atoms with Crippen LogP contribution < -0.4 is 15.8 Å². The molecule has 0 bridgehead atoms. The number of carbonyl (C=O) groups excluding carboxylic acids is 1. The molecule has 2 aromatic carbocycles. The van der Waals surface area contributed by atoms with Crippen molar-refractivity contribution in [1.82, 2.24) is 19.9 Å². The van der Waals surface area contributed by atoms with Crippen LogP contribution >= 0.6 is 0 Å². The van der Waals surface area contributed by atoms with Crippen LogP contribution in [0.5, 0.6) is 11.5 Å². The van der Waals surface area contributed by atoms with Crippen molar-refractivity contribution in [1.29, 1.82) is 0 Å². The van der Waals surface area contributed by atoms with E-state index in [4.69, 9.17) is 15.5 Å². The van der Waals surface area contributed by atoms with Gasteiger partial charge in [0, 0.05) is 36.3 Å². The van der Waals surface area contributed by atoms with Gasteiger partial charge in [-0.05, 0) is 48.5 Å². The lowest BCUT2D eigenvalue weighted by molar-refractivity contribution is 0.0994. The number of nitrogens with one attached hydrogen (secondary N) is 2. The molecule has 0 radical (unpaired) electrons. The van der Waals surface area contributed by atoms with Crippen LogP contribution in [-0.2, 0) is 0 Å². The Balaban J connectivity index is 1.49.